The highest BCUT2D eigenvalue weighted by atomic mass is 79.9. The zero-order chi connectivity index (χ0) is 12.0. The molecule has 1 aliphatic carbocycles. The number of benzene rings is 1. The normalized spacial score (nSPS) is 19.8. The molecule has 1 fully saturated rings. The van der Waals surface area contributed by atoms with Gasteiger partial charge in [0, 0.05) is 10.0 Å². The van der Waals surface area contributed by atoms with Crippen LogP contribution in [0, 0.1) is 0 Å². The largest absolute Gasteiger partial charge is 0.481 e. The lowest BCUT2D eigenvalue weighted by atomic mass is 9.64. The first-order valence-electron chi connectivity index (χ1n) is 5.47. The lowest BCUT2D eigenvalue weighted by Gasteiger charge is -2.39. The Balaban J connectivity index is 2.20. The molecule has 17 heavy (non-hydrogen) atoms. The number of ether oxygens (including phenoxy) is 2. The first-order valence-corrected chi connectivity index (χ1v) is 6.26. The third-order valence-corrected chi connectivity index (χ3v) is 4.24. The molecule has 1 heterocycles. The van der Waals surface area contributed by atoms with Gasteiger partial charge in [0.15, 0.2) is 11.5 Å². The number of carbonyl (C=O) groups is 1. The molecule has 2 aliphatic rings. The van der Waals surface area contributed by atoms with E-state index in [9.17, 15) is 9.90 Å². The van der Waals surface area contributed by atoms with Crippen LogP contribution in [0.1, 0.15) is 24.8 Å². The second-order valence-electron chi connectivity index (χ2n) is 4.40. The summed E-state index contributed by atoms with van der Waals surface area (Å²) in [4.78, 5) is 11.5. The van der Waals surface area contributed by atoms with Gasteiger partial charge in [-0.2, -0.15) is 0 Å². The second-order valence-corrected chi connectivity index (χ2v) is 5.25. The Hall–Kier alpha value is -1.23. The predicted octanol–water partition coefficient (Wildman–Crippen LogP) is 2.68. The highest BCUT2D eigenvalue weighted by Crippen LogP contribution is 2.53. The lowest BCUT2D eigenvalue weighted by Crippen LogP contribution is -2.42. The van der Waals surface area contributed by atoms with Crippen molar-refractivity contribution in [2.24, 2.45) is 0 Å². The number of carboxylic acid groups (broad SMARTS) is 1. The van der Waals surface area contributed by atoms with Crippen LogP contribution in [-0.2, 0) is 10.2 Å². The number of halogens is 1. The van der Waals surface area contributed by atoms with E-state index in [1.807, 2.05) is 6.07 Å². The van der Waals surface area contributed by atoms with Crippen molar-refractivity contribution >= 4 is 21.9 Å². The maximum atomic E-state index is 11.5. The molecular weight excluding hydrogens is 288 g/mol. The van der Waals surface area contributed by atoms with E-state index in [4.69, 9.17) is 9.47 Å². The molecule has 0 aromatic heterocycles. The van der Waals surface area contributed by atoms with Gasteiger partial charge in [-0.25, -0.2) is 0 Å². The van der Waals surface area contributed by atoms with E-state index in [2.05, 4.69) is 15.9 Å². The molecule has 1 saturated carbocycles. The fraction of sp³-hybridized carbons (Fsp3) is 0.417. The number of rotatable bonds is 2. The minimum absolute atomic E-state index is 0.161. The molecular formula is C12H11BrO4. The Morgan fingerprint density at radius 3 is 2.71 bits per heavy atom. The summed E-state index contributed by atoms with van der Waals surface area (Å²) in [5, 5.41) is 9.48. The molecule has 90 valence electrons. The fourth-order valence-corrected chi connectivity index (χ4v) is 3.19. The van der Waals surface area contributed by atoms with Gasteiger partial charge < -0.3 is 14.6 Å². The maximum Gasteiger partial charge on any atom is 0.314 e. The van der Waals surface area contributed by atoms with Crippen LogP contribution in [0.15, 0.2) is 16.6 Å². The number of aliphatic carboxylic acids is 1. The van der Waals surface area contributed by atoms with Gasteiger partial charge in [-0.15, -0.1) is 0 Å². The van der Waals surface area contributed by atoms with Gasteiger partial charge in [-0.1, -0.05) is 22.4 Å². The smallest absolute Gasteiger partial charge is 0.314 e. The topological polar surface area (TPSA) is 55.8 Å². The van der Waals surface area contributed by atoms with Crippen LogP contribution in [-0.4, -0.2) is 17.9 Å². The quantitative estimate of drug-likeness (QED) is 0.912. The zero-order valence-electron chi connectivity index (χ0n) is 9.03. The Labute approximate surface area is 107 Å². The Morgan fingerprint density at radius 2 is 2.12 bits per heavy atom. The van der Waals surface area contributed by atoms with E-state index in [0.29, 0.717) is 24.3 Å². The molecule has 0 unspecified atom stereocenters. The van der Waals surface area contributed by atoms with Crippen LogP contribution in [0.25, 0.3) is 0 Å². The zero-order valence-corrected chi connectivity index (χ0v) is 10.6. The van der Waals surface area contributed by atoms with E-state index in [1.54, 1.807) is 6.07 Å². The highest BCUT2D eigenvalue weighted by Gasteiger charge is 2.50. The Kier molecular flexibility index (Phi) is 2.33. The summed E-state index contributed by atoms with van der Waals surface area (Å²) in [7, 11) is 0. The van der Waals surface area contributed by atoms with Crippen molar-refractivity contribution in [2.45, 2.75) is 24.7 Å². The molecule has 0 amide bonds. The fourth-order valence-electron chi connectivity index (χ4n) is 2.50. The van der Waals surface area contributed by atoms with Crippen molar-refractivity contribution in [3.63, 3.8) is 0 Å². The van der Waals surface area contributed by atoms with Crippen molar-refractivity contribution in [1.29, 1.82) is 0 Å². The van der Waals surface area contributed by atoms with E-state index in [1.165, 1.54) is 0 Å². The van der Waals surface area contributed by atoms with Crippen LogP contribution in [0.3, 0.4) is 0 Å². The second kappa shape index (κ2) is 3.63. The molecule has 0 spiro atoms. The first kappa shape index (κ1) is 10.9. The van der Waals surface area contributed by atoms with Crippen molar-refractivity contribution in [1.82, 2.24) is 0 Å². The van der Waals surface area contributed by atoms with Crippen LogP contribution < -0.4 is 9.47 Å². The van der Waals surface area contributed by atoms with Gasteiger partial charge in [-0.05, 0) is 25.0 Å². The van der Waals surface area contributed by atoms with E-state index in [-0.39, 0.29) is 6.79 Å². The average Bonchev–Trinajstić information content (AvgIpc) is 2.67. The number of fused-ring (bicyclic) bond motifs is 1. The predicted molar refractivity (Wildman–Crippen MR) is 63.4 cm³/mol. The van der Waals surface area contributed by atoms with Gasteiger partial charge >= 0.3 is 5.97 Å². The van der Waals surface area contributed by atoms with Gasteiger partial charge in [0.05, 0.1) is 5.41 Å². The summed E-state index contributed by atoms with van der Waals surface area (Å²) in [5.41, 5.74) is -0.0797. The van der Waals surface area contributed by atoms with Crippen molar-refractivity contribution < 1.29 is 19.4 Å². The third kappa shape index (κ3) is 1.38. The number of hydrogen-bond donors (Lipinski definition) is 1. The molecule has 5 heteroatoms. The molecule has 1 aliphatic heterocycles. The van der Waals surface area contributed by atoms with Crippen LogP contribution in [0.4, 0.5) is 0 Å². The molecule has 3 rings (SSSR count). The average molecular weight is 299 g/mol. The Bertz CT molecular complexity index is 494. The number of hydrogen-bond acceptors (Lipinski definition) is 3. The van der Waals surface area contributed by atoms with E-state index < -0.39 is 11.4 Å². The summed E-state index contributed by atoms with van der Waals surface area (Å²) >= 11 is 3.43. The van der Waals surface area contributed by atoms with Gasteiger partial charge in [0.25, 0.3) is 0 Å². The summed E-state index contributed by atoms with van der Waals surface area (Å²) in [6.45, 7) is 0.161. The summed E-state index contributed by atoms with van der Waals surface area (Å²) in [6, 6.07) is 3.62. The first-order chi connectivity index (χ1) is 8.15. The summed E-state index contributed by atoms with van der Waals surface area (Å²) < 4.78 is 11.5. The molecule has 4 nitrogen and oxygen atoms in total. The van der Waals surface area contributed by atoms with E-state index >= 15 is 0 Å². The summed E-state index contributed by atoms with van der Waals surface area (Å²) in [6.07, 6.45) is 2.24. The van der Waals surface area contributed by atoms with Crippen molar-refractivity contribution in [2.75, 3.05) is 6.79 Å². The molecule has 0 atom stereocenters. The Morgan fingerprint density at radius 1 is 1.35 bits per heavy atom. The minimum atomic E-state index is -0.808. The van der Waals surface area contributed by atoms with Gasteiger partial charge in [0.2, 0.25) is 6.79 Å². The highest BCUT2D eigenvalue weighted by molar-refractivity contribution is 9.10. The lowest BCUT2D eigenvalue weighted by molar-refractivity contribution is -0.147. The minimum Gasteiger partial charge on any atom is -0.481 e. The number of carboxylic acids is 1. The molecule has 0 radical (unpaired) electrons. The van der Waals surface area contributed by atoms with Gasteiger partial charge in [0.1, 0.15) is 0 Å². The molecule has 1 aromatic rings. The van der Waals surface area contributed by atoms with Crippen molar-refractivity contribution in [3.8, 4) is 11.5 Å². The van der Waals surface area contributed by atoms with Crippen LogP contribution >= 0.6 is 15.9 Å². The van der Waals surface area contributed by atoms with Crippen LogP contribution in [0.2, 0.25) is 0 Å². The van der Waals surface area contributed by atoms with Crippen LogP contribution in [0.5, 0.6) is 11.5 Å². The SMILES string of the molecule is O=C(O)C1(c2c(Br)ccc3c2OCO3)CCC1. The van der Waals surface area contributed by atoms with Gasteiger partial charge in [-0.3, -0.25) is 4.79 Å². The molecule has 0 bridgehead atoms. The molecule has 1 aromatic carbocycles. The molecule has 1 N–H and O–H groups in total. The maximum absolute atomic E-state index is 11.5. The molecule has 0 saturated heterocycles. The van der Waals surface area contributed by atoms with Crippen molar-refractivity contribution in [3.05, 3.63) is 22.2 Å². The standard InChI is InChI=1S/C12H11BrO4/c13-7-2-3-8-10(17-6-16-8)9(7)12(11(14)15)4-1-5-12/h2-3H,1,4-6H2,(H,14,15). The summed E-state index contributed by atoms with van der Waals surface area (Å²) in [5.74, 6) is 0.436. The monoisotopic (exact) mass is 298 g/mol. The van der Waals surface area contributed by atoms with E-state index in [0.717, 1.165) is 16.5 Å². The third-order valence-electron chi connectivity index (χ3n) is 3.58.